The van der Waals surface area contributed by atoms with Crippen molar-refractivity contribution in [2.75, 3.05) is 9.80 Å². The van der Waals surface area contributed by atoms with Gasteiger partial charge in [-0.15, -0.1) is 0 Å². The second kappa shape index (κ2) is 12.6. The van der Waals surface area contributed by atoms with Crippen LogP contribution in [0.3, 0.4) is 0 Å². The van der Waals surface area contributed by atoms with Gasteiger partial charge in [-0.2, -0.15) is 0 Å². The van der Waals surface area contributed by atoms with Crippen molar-refractivity contribution in [3.05, 3.63) is 214 Å². The fourth-order valence-corrected chi connectivity index (χ4v) is 9.43. The zero-order valence-electron chi connectivity index (χ0n) is 31.6. The van der Waals surface area contributed by atoms with Crippen LogP contribution in [0.4, 0.5) is 34.1 Å². The summed E-state index contributed by atoms with van der Waals surface area (Å²) in [6, 6.07) is 62.6. The summed E-state index contributed by atoms with van der Waals surface area (Å²) in [5.41, 5.74) is 20.1. The Balaban J connectivity index is 0.952. The summed E-state index contributed by atoms with van der Waals surface area (Å²) in [5, 5.41) is 2.46. The molecule has 0 fully saturated rings. The van der Waals surface area contributed by atoms with Crippen LogP contribution in [-0.2, 0) is 11.8 Å². The average Bonchev–Trinajstić information content (AvgIpc) is 3.34. The summed E-state index contributed by atoms with van der Waals surface area (Å²) in [7, 11) is 0. The minimum atomic E-state index is -0.151. The first-order chi connectivity index (χ1) is 27.5. The Bertz CT molecular complexity index is 2850. The largest absolute Gasteiger partial charge is 0.310 e. The van der Waals surface area contributed by atoms with Gasteiger partial charge in [0.15, 0.2) is 0 Å². The lowest BCUT2D eigenvalue weighted by atomic mass is 9.81. The first-order valence-electron chi connectivity index (χ1n) is 19.6. The molecule has 56 heavy (non-hydrogen) atoms. The molecule has 0 N–H and O–H groups in total. The van der Waals surface area contributed by atoms with E-state index >= 15 is 0 Å². The van der Waals surface area contributed by atoms with Crippen LogP contribution in [0, 0.1) is 0 Å². The van der Waals surface area contributed by atoms with Gasteiger partial charge in [0.1, 0.15) is 0 Å². The van der Waals surface area contributed by atoms with Gasteiger partial charge in [-0.1, -0.05) is 166 Å². The molecule has 266 valence electrons. The van der Waals surface area contributed by atoms with Gasteiger partial charge < -0.3 is 9.80 Å². The number of benzene rings is 8. The van der Waals surface area contributed by atoms with E-state index in [1.54, 1.807) is 0 Å². The van der Waals surface area contributed by atoms with Crippen molar-refractivity contribution >= 4 is 69.2 Å². The van der Waals surface area contributed by atoms with Crippen molar-refractivity contribution in [2.45, 2.75) is 25.7 Å². The third-order valence-corrected chi connectivity index (χ3v) is 12.2. The zero-order valence-corrected chi connectivity index (χ0v) is 31.6. The molecule has 2 heterocycles. The van der Waals surface area contributed by atoms with Crippen molar-refractivity contribution in [2.24, 2.45) is 0 Å². The lowest BCUT2D eigenvalue weighted by molar-refractivity contribution is 0.660. The Kier molecular flexibility index (Phi) is 7.31. The number of hydrogen-bond acceptors (Lipinski definition) is 2. The van der Waals surface area contributed by atoms with Crippen LogP contribution in [0.25, 0.3) is 46.2 Å². The first-order valence-corrected chi connectivity index (χ1v) is 19.6. The van der Waals surface area contributed by atoms with Crippen LogP contribution < -0.4 is 9.80 Å². The van der Waals surface area contributed by atoms with Crippen molar-refractivity contribution < 1.29 is 0 Å². The van der Waals surface area contributed by atoms with Crippen LogP contribution in [0.2, 0.25) is 0 Å². The summed E-state index contributed by atoms with van der Waals surface area (Å²) in [6.45, 7) is 4.77. The lowest BCUT2D eigenvalue weighted by Crippen LogP contribution is -2.20. The van der Waals surface area contributed by atoms with Crippen LogP contribution in [0.1, 0.15) is 58.4 Å². The molecule has 3 aliphatic rings. The molecule has 0 saturated carbocycles. The third-order valence-electron chi connectivity index (χ3n) is 12.2. The molecule has 0 atom stereocenters. The van der Waals surface area contributed by atoms with Gasteiger partial charge in [0.2, 0.25) is 0 Å². The van der Waals surface area contributed by atoms with E-state index in [1.807, 2.05) is 0 Å². The molecule has 8 aromatic rings. The molecule has 0 amide bonds. The Labute approximate surface area is 328 Å². The van der Waals surface area contributed by atoms with Crippen molar-refractivity contribution in [1.29, 1.82) is 0 Å². The summed E-state index contributed by atoms with van der Waals surface area (Å²) in [4.78, 5) is 4.88. The first kappa shape index (κ1) is 32.5. The Morgan fingerprint density at radius 1 is 0.446 bits per heavy atom. The van der Waals surface area contributed by atoms with Crippen LogP contribution in [-0.4, -0.2) is 0 Å². The van der Waals surface area contributed by atoms with Crippen molar-refractivity contribution in [3.8, 4) is 11.1 Å². The number of fused-ring (bicyclic) bond motifs is 8. The quantitative estimate of drug-likeness (QED) is 0.167. The molecule has 2 nitrogen and oxygen atoms in total. The minimum absolute atomic E-state index is 0.151. The third kappa shape index (κ3) is 5.03. The Hall–Kier alpha value is -6.90. The highest BCUT2D eigenvalue weighted by atomic mass is 15.2. The maximum atomic E-state index is 2.46. The molecule has 0 bridgehead atoms. The maximum absolute atomic E-state index is 2.46. The SMILES string of the molecule is CC1(C)c2cc(C=Cc3cccc4c(N5c6ccccc6C=Cc6ccccc65)cccc34)ccc2-c2ccc(N3c4ccccc4Cc4ccccc43)cc21. The minimum Gasteiger partial charge on any atom is -0.310 e. The normalized spacial score (nSPS) is 14.5. The molecule has 0 saturated heterocycles. The van der Waals surface area contributed by atoms with E-state index in [1.165, 1.54) is 101 Å². The Morgan fingerprint density at radius 3 is 1.70 bits per heavy atom. The van der Waals surface area contributed by atoms with Gasteiger partial charge in [0, 0.05) is 34.3 Å². The molecule has 0 radical (unpaired) electrons. The van der Waals surface area contributed by atoms with Crippen LogP contribution >= 0.6 is 0 Å². The summed E-state index contributed by atoms with van der Waals surface area (Å²) >= 11 is 0. The van der Waals surface area contributed by atoms with Crippen molar-refractivity contribution in [3.63, 3.8) is 0 Å². The van der Waals surface area contributed by atoms with E-state index in [0.29, 0.717) is 0 Å². The van der Waals surface area contributed by atoms with Gasteiger partial charge in [-0.3, -0.25) is 0 Å². The maximum Gasteiger partial charge on any atom is 0.0540 e. The highest BCUT2D eigenvalue weighted by molar-refractivity contribution is 6.05. The number of hydrogen-bond donors (Lipinski definition) is 0. The molecule has 1 aliphatic carbocycles. The highest BCUT2D eigenvalue weighted by Crippen LogP contribution is 2.52. The molecular formula is C54H40N2. The molecule has 2 aliphatic heterocycles. The van der Waals surface area contributed by atoms with E-state index in [-0.39, 0.29) is 5.41 Å². The van der Waals surface area contributed by atoms with Crippen LogP contribution in [0.5, 0.6) is 0 Å². The molecule has 0 spiro atoms. The monoisotopic (exact) mass is 716 g/mol. The average molecular weight is 717 g/mol. The van der Waals surface area contributed by atoms with E-state index in [0.717, 1.165) is 6.42 Å². The highest BCUT2D eigenvalue weighted by Gasteiger charge is 2.36. The Morgan fingerprint density at radius 2 is 1.00 bits per heavy atom. The fourth-order valence-electron chi connectivity index (χ4n) is 9.43. The van der Waals surface area contributed by atoms with E-state index < -0.39 is 0 Å². The van der Waals surface area contributed by atoms with Gasteiger partial charge in [-0.05, 0) is 103 Å². The molecule has 0 aromatic heterocycles. The smallest absolute Gasteiger partial charge is 0.0540 e. The molecule has 0 unspecified atom stereocenters. The van der Waals surface area contributed by atoms with E-state index in [4.69, 9.17) is 0 Å². The summed E-state index contributed by atoms with van der Waals surface area (Å²) < 4.78 is 0. The fraction of sp³-hybridized carbons (Fsp3) is 0.0741. The van der Waals surface area contributed by atoms with Gasteiger partial charge >= 0.3 is 0 Å². The molecule has 2 heteroatoms. The van der Waals surface area contributed by atoms with Gasteiger partial charge in [0.25, 0.3) is 0 Å². The summed E-state index contributed by atoms with van der Waals surface area (Å²) in [6.07, 6.45) is 10.00. The number of anilines is 6. The number of para-hydroxylation sites is 4. The standard InChI is InChI=1S/C54H40N2/c1-54(2)47-33-36(26-31-44(47)45-32-30-42(35-48(45)54)55-51-22-9-5-15-40(51)34-41-16-6-10-23-52(41)55)25-27-37-17-11-19-46-43(37)18-12-24-53(46)56-49-20-7-3-13-38(49)28-29-39-14-4-8-21-50(39)56/h3-33,35H,34H2,1-2H3. The van der Waals surface area contributed by atoms with Crippen LogP contribution in [0.15, 0.2) is 170 Å². The molecule has 11 rings (SSSR count). The summed E-state index contributed by atoms with van der Waals surface area (Å²) in [5.74, 6) is 0. The lowest BCUT2D eigenvalue weighted by Gasteiger charge is -2.34. The topological polar surface area (TPSA) is 6.48 Å². The second-order valence-electron chi connectivity index (χ2n) is 15.8. The predicted molar refractivity (Wildman–Crippen MR) is 238 cm³/mol. The molecule has 8 aromatic carbocycles. The van der Waals surface area contributed by atoms with E-state index in [9.17, 15) is 0 Å². The predicted octanol–water partition coefficient (Wildman–Crippen LogP) is 14.6. The number of rotatable bonds is 4. The van der Waals surface area contributed by atoms with Gasteiger partial charge in [-0.25, -0.2) is 0 Å². The molecular weight excluding hydrogens is 677 g/mol. The van der Waals surface area contributed by atoms with E-state index in [2.05, 4.69) is 218 Å². The number of nitrogens with zero attached hydrogens (tertiary/aromatic N) is 2. The van der Waals surface area contributed by atoms with Crippen molar-refractivity contribution in [1.82, 2.24) is 0 Å². The second-order valence-corrected chi connectivity index (χ2v) is 15.8. The zero-order chi connectivity index (χ0) is 37.4. The van der Waals surface area contributed by atoms with Gasteiger partial charge in [0.05, 0.1) is 17.1 Å².